The van der Waals surface area contributed by atoms with Crippen LogP contribution >= 0.6 is 0 Å². The van der Waals surface area contributed by atoms with E-state index in [1.165, 1.54) is 6.26 Å². The fourth-order valence-corrected chi connectivity index (χ4v) is 2.99. The maximum absolute atomic E-state index is 10.2. The number of nitrogens with zero attached hydrogens (tertiary/aromatic N) is 1. The van der Waals surface area contributed by atoms with E-state index in [1.54, 1.807) is 14.2 Å². The van der Waals surface area contributed by atoms with Gasteiger partial charge in [0.05, 0.1) is 25.1 Å². The van der Waals surface area contributed by atoms with E-state index < -0.39 is 0 Å². The number of ether oxygens (including phenoxy) is 2. The van der Waals surface area contributed by atoms with E-state index in [0.717, 1.165) is 22.0 Å². The Morgan fingerprint density at radius 3 is 2.38 bits per heavy atom. The predicted octanol–water partition coefficient (Wildman–Crippen LogP) is 4.37. The molecule has 0 unspecified atom stereocenters. The van der Waals surface area contributed by atoms with Gasteiger partial charge in [0.25, 0.3) is 5.95 Å². The lowest BCUT2D eigenvalue weighted by molar-refractivity contribution is 0.338. The van der Waals surface area contributed by atoms with Crippen molar-refractivity contribution in [1.29, 1.82) is 0 Å². The zero-order valence-corrected chi connectivity index (χ0v) is 13.2. The summed E-state index contributed by atoms with van der Waals surface area (Å²) in [5.41, 5.74) is 3.13. The molecule has 0 saturated carbocycles. The quantitative estimate of drug-likeness (QED) is 0.607. The third-order valence-corrected chi connectivity index (χ3v) is 4.08. The number of furan rings is 1. The van der Waals surface area contributed by atoms with Crippen LogP contribution in [0.2, 0.25) is 0 Å². The molecule has 2 aromatic carbocycles. The van der Waals surface area contributed by atoms with E-state index in [1.807, 2.05) is 42.5 Å². The van der Waals surface area contributed by atoms with Gasteiger partial charge in [0, 0.05) is 17.0 Å². The Kier molecular flexibility index (Phi) is 3.27. The monoisotopic (exact) mass is 321 g/mol. The van der Waals surface area contributed by atoms with Crippen LogP contribution in [-0.4, -0.2) is 24.3 Å². The highest BCUT2D eigenvalue weighted by atomic mass is 16.5. The van der Waals surface area contributed by atoms with Crippen LogP contribution in [0.15, 0.2) is 53.1 Å². The molecular weight excluding hydrogens is 306 g/mol. The van der Waals surface area contributed by atoms with Crippen molar-refractivity contribution in [3.05, 3.63) is 48.7 Å². The lowest BCUT2D eigenvalue weighted by atomic mass is 9.97. The van der Waals surface area contributed by atoms with Crippen molar-refractivity contribution in [2.75, 3.05) is 14.2 Å². The summed E-state index contributed by atoms with van der Waals surface area (Å²) in [6.45, 7) is 0. The number of hydrogen-bond acceptors (Lipinski definition) is 5. The third-order valence-electron chi connectivity index (χ3n) is 4.08. The summed E-state index contributed by atoms with van der Waals surface area (Å²) >= 11 is 0. The molecule has 2 aromatic heterocycles. The molecule has 4 rings (SSSR count). The van der Waals surface area contributed by atoms with Crippen molar-refractivity contribution in [2.45, 2.75) is 0 Å². The Bertz CT molecular complexity index is 1040. The first kappa shape index (κ1) is 14.4. The van der Waals surface area contributed by atoms with Crippen LogP contribution in [0.4, 0.5) is 0 Å². The lowest BCUT2D eigenvalue weighted by Gasteiger charge is -2.13. The van der Waals surface area contributed by atoms with Crippen molar-refractivity contribution >= 4 is 21.8 Å². The summed E-state index contributed by atoms with van der Waals surface area (Å²) in [6, 6.07) is 13.5. The molecule has 0 amide bonds. The number of benzene rings is 2. The number of aromatic nitrogens is 1. The van der Waals surface area contributed by atoms with E-state index in [0.29, 0.717) is 22.4 Å². The standard InChI is InChI=1S/C19H15NO4/c1-22-15-8-12-13(9-16(15)23-2)20-14-10-24-19(21)18(14)17(12)11-6-4-3-5-7-11/h3-10,21H,1-2H3. The van der Waals surface area contributed by atoms with Crippen LogP contribution in [0.5, 0.6) is 17.4 Å². The Balaban J connectivity index is 2.20. The van der Waals surface area contributed by atoms with Crippen LogP contribution < -0.4 is 9.47 Å². The number of fused-ring (bicyclic) bond motifs is 2. The zero-order chi connectivity index (χ0) is 16.7. The highest BCUT2D eigenvalue weighted by molar-refractivity contribution is 6.11. The lowest BCUT2D eigenvalue weighted by Crippen LogP contribution is -1.93. The van der Waals surface area contributed by atoms with Gasteiger partial charge in [-0.05, 0) is 11.6 Å². The summed E-state index contributed by atoms with van der Waals surface area (Å²) in [6.07, 6.45) is 1.45. The Hall–Kier alpha value is -3.21. The minimum atomic E-state index is -0.145. The first-order valence-electron chi connectivity index (χ1n) is 7.44. The van der Waals surface area contributed by atoms with Crippen LogP contribution in [0.25, 0.3) is 32.9 Å². The molecule has 0 bridgehead atoms. The van der Waals surface area contributed by atoms with E-state index in [9.17, 15) is 5.11 Å². The SMILES string of the molecule is COc1cc2nc3coc(O)c3c(-c3ccccc3)c2cc1OC. The van der Waals surface area contributed by atoms with Gasteiger partial charge in [0.15, 0.2) is 11.5 Å². The van der Waals surface area contributed by atoms with Crippen LogP contribution in [0.1, 0.15) is 0 Å². The Morgan fingerprint density at radius 2 is 1.67 bits per heavy atom. The average Bonchev–Trinajstić information content (AvgIpc) is 2.99. The second kappa shape index (κ2) is 5.45. The van der Waals surface area contributed by atoms with Crippen LogP contribution in [0.3, 0.4) is 0 Å². The summed E-state index contributed by atoms with van der Waals surface area (Å²) in [7, 11) is 3.18. The molecule has 4 aromatic rings. The van der Waals surface area contributed by atoms with Gasteiger partial charge in [0.2, 0.25) is 0 Å². The maximum Gasteiger partial charge on any atom is 0.292 e. The van der Waals surface area contributed by atoms with E-state index >= 15 is 0 Å². The molecular formula is C19H15NO4. The molecule has 5 nitrogen and oxygen atoms in total. The van der Waals surface area contributed by atoms with Crippen molar-refractivity contribution in [2.24, 2.45) is 0 Å². The molecule has 0 aliphatic rings. The van der Waals surface area contributed by atoms with Gasteiger partial charge in [-0.1, -0.05) is 30.3 Å². The summed E-state index contributed by atoms with van der Waals surface area (Å²) < 4.78 is 16.0. The molecule has 0 aliphatic carbocycles. The van der Waals surface area contributed by atoms with Crippen molar-refractivity contribution in [3.8, 4) is 28.6 Å². The number of rotatable bonds is 3. The molecule has 120 valence electrons. The van der Waals surface area contributed by atoms with Crippen LogP contribution in [0, 0.1) is 0 Å². The normalized spacial score (nSPS) is 11.1. The Morgan fingerprint density at radius 1 is 0.958 bits per heavy atom. The van der Waals surface area contributed by atoms with Crippen molar-refractivity contribution in [3.63, 3.8) is 0 Å². The molecule has 2 heterocycles. The van der Waals surface area contributed by atoms with Gasteiger partial charge in [-0.25, -0.2) is 4.98 Å². The first-order chi connectivity index (χ1) is 11.7. The first-order valence-corrected chi connectivity index (χ1v) is 7.44. The van der Waals surface area contributed by atoms with Crippen LogP contribution in [-0.2, 0) is 0 Å². The topological polar surface area (TPSA) is 64.7 Å². The predicted molar refractivity (Wildman–Crippen MR) is 91.7 cm³/mol. The van der Waals surface area contributed by atoms with Gasteiger partial charge in [-0.15, -0.1) is 0 Å². The molecule has 0 radical (unpaired) electrons. The van der Waals surface area contributed by atoms with Gasteiger partial charge in [-0.3, -0.25) is 0 Å². The summed E-state index contributed by atoms with van der Waals surface area (Å²) in [4.78, 5) is 4.58. The summed E-state index contributed by atoms with van der Waals surface area (Å²) in [5, 5.41) is 11.6. The number of aromatic hydroxyl groups is 1. The molecule has 5 heteroatoms. The van der Waals surface area contributed by atoms with E-state index in [-0.39, 0.29) is 5.95 Å². The van der Waals surface area contributed by atoms with E-state index in [2.05, 4.69) is 4.98 Å². The minimum absolute atomic E-state index is 0.145. The van der Waals surface area contributed by atoms with Gasteiger partial charge < -0.3 is 19.0 Å². The molecule has 0 atom stereocenters. The fourth-order valence-electron chi connectivity index (χ4n) is 2.99. The van der Waals surface area contributed by atoms with Crippen molar-refractivity contribution in [1.82, 2.24) is 4.98 Å². The maximum atomic E-state index is 10.2. The zero-order valence-electron chi connectivity index (χ0n) is 13.2. The minimum Gasteiger partial charge on any atom is -0.493 e. The molecule has 0 fully saturated rings. The number of methoxy groups -OCH3 is 2. The highest BCUT2D eigenvalue weighted by Gasteiger charge is 2.19. The second-order valence-electron chi connectivity index (χ2n) is 5.38. The Labute approximate surface area is 138 Å². The second-order valence-corrected chi connectivity index (χ2v) is 5.38. The molecule has 0 saturated heterocycles. The molecule has 24 heavy (non-hydrogen) atoms. The van der Waals surface area contributed by atoms with Gasteiger partial charge in [0.1, 0.15) is 11.8 Å². The number of pyridine rings is 1. The third kappa shape index (κ3) is 2.06. The smallest absolute Gasteiger partial charge is 0.292 e. The fraction of sp³-hybridized carbons (Fsp3) is 0.105. The molecule has 0 aliphatic heterocycles. The van der Waals surface area contributed by atoms with Gasteiger partial charge in [-0.2, -0.15) is 0 Å². The molecule has 1 N–H and O–H groups in total. The highest BCUT2D eigenvalue weighted by Crippen LogP contribution is 2.43. The number of hydrogen-bond donors (Lipinski definition) is 1. The largest absolute Gasteiger partial charge is 0.493 e. The molecule has 0 spiro atoms. The van der Waals surface area contributed by atoms with E-state index in [4.69, 9.17) is 13.9 Å². The van der Waals surface area contributed by atoms with Crippen molar-refractivity contribution < 1.29 is 19.0 Å². The van der Waals surface area contributed by atoms with Gasteiger partial charge >= 0.3 is 0 Å². The summed E-state index contributed by atoms with van der Waals surface area (Å²) in [5.74, 6) is 1.06. The average molecular weight is 321 g/mol.